The summed E-state index contributed by atoms with van der Waals surface area (Å²) in [6.45, 7) is 0. The molecule has 0 bridgehead atoms. The fraction of sp³-hybridized carbons (Fsp3) is 0.0625. The molecule has 51 heavy (non-hydrogen) atoms. The first-order valence-electron chi connectivity index (χ1n) is 13.8. The summed E-state index contributed by atoms with van der Waals surface area (Å²) in [5.74, 6) is -43.4. The lowest BCUT2D eigenvalue weighted by Crippen LogP contribution is -2.48. The van der Waals surface area contributed by atoms with Gasteiger partial charge in [0.1, 0.15) is 17.4 Å². The van der Waals surface area contributed by atoms with Crippen LogP contribution in [0, 0.1) is 81.4 Å². The largest absolute Gasteiger partial charge is 0.636 e. The van der Waals surface area contributed by atoms with Crippen molar-refractivity contribution in [2.75, 3.05) is 0 Å². The molecule has 0 unspecified atom stereocenters. The van der Waals surface area contributed by atoms with Crippen molar-refractivity contribution in [3.63, 3.8) is 0 Å². The third kappa shape index (κ3) is 4.61. The van der Waals surface area contributed by atoms with Gasteiger partial charge in [0.2, 0.25) is 5.82 Å². The molecule has 2 aliphatic carbocycles. The molecule has 0 heterocycles. The van der Waals surface area contributed by atoms with Gasteiger partial charge in [-0.2, -0.15) is 17.6 Å². The lowest BCUT2D eigenvalue weighted by Gasteiger charge is -2.24. The van der Waals surface area contributed by atoms with Crippen LogP contribution in [-0.2, 0) is 12.3 Å². The molecule has 0 aliphatic heterocycles. The van der Waals surface area contributed by atoms with Gasteiger partial charge >= 0.3 is 13.0 Å². The Morgan fingerprint density at radius 2 is 1.08 bits per heavy atom. The molecule has 0 saturated heterocycles. The van der Waals surface area contributed by atoms with Gasteiger partial charge in [-0.05, 0) is 23.6 Å². The molecule has 19 heteroatoms. The van der Waals surface area contributed by atoms with Crippen molar-refractivity contribution >= 4 is 12.6 Å². The van der Waals surface area contributed by atoms with Crippen LogP contribution >= 0.6 is 0 Å². The number of benzene rings is 5. The highest BCUT2D eigenvalue weighted by Gasteiger charge is 2.56. The summed E-state index contributed by atoms with van der Waals surface area (Å²) in [4.78, 5) is 0. The second-order valence-corrected chi connectivity index (χ2v) is 11.0. The van der Waals surface area contributed by atoms with Crippen LogP contribution < -0.4 is 14.8 Å². The minimum absolute atomic E-state index is 0.00596. The van der Waals surface area contributed by atoms with Gasteiger partial charge in [-0.25, -0.2) is 52.7 Å². The molecular weight excluding hydrogens is 731 g/mol. The number of fused-ring (bicyclic) bond motifs is 6. The van der Waals surface area contributed by atoms with Crippen LogP contribution in [0.1, 0.15) is 22.3 Å². The molecule has 2 aliphatic rings. The van der Waals surface area contributed by atoms with Gasteiger partial charge < -0.3 is 9.31 Å². The number of hydrogen-bond donors (Lipinski definition) is 0. The second-order valence-electron chi connectivity index (χ2n) is 11.0. The third-order valence-corrected chi connectivity index (χ3v) is 8.27. The predicted molar refractivity (Wildman–Crippen MR) is 142 cm³/mol. The summed E-state index contributed by atoms with van der Waals surface area (Å²) in [6, 6.07) is 2.83. The van der Waals surface area contributed by atoms with Gasteiger partial charge in [-0.1, -0.05) is 12.1 Å². The summed E-state index contributed by atoms with van der Waals surface area (Å²) < 4.78 is 249. The Hall–Kier alpha value is -5.36. The highest BCUT2D eigenvalue weighted by atomic mass is 19.3. The molecule has 0 radical (unpaired) electrons. The smallest absolute Gasteiger partial charge is 0.520 e. The van der Waals surface area contributed by atoms with Gasteiger partial charge in [0.25, 0.3) is 0 Å². The summed E-state index contributed by atoms with van der Waals surface area (Å²) in [7, 11) is -3.33. The first-order valence-corrected chi connectivity index (χ1v) is 13.8. The normalized spacial score (nSPS) is 13.6. The Bertz CT molecular complexity index is 2400. The molecule has 0 saturated carbocycles. The van der Waals surface area contributed by atoms with Crippen LogP contribution in [0.4, 0.5) is 70.2 Å². The topological polar surface area (TPSA) is 18.5 Å². The zero-order valence-corrected chi connectivity index (χ0v) is 24.0. The lowest BCUT2D eigenvalue weighted by molar-refractivity contribution is 0.0404. The zero-order chi connectivity index (χ0) is 37.2. The second kappa shape index (κ2) is 11.3. The minimum atomic E-state index is -5.40. The summed E-state index contributed by atoms with van der Waals surface area (Å²) in [5, 5.41) is 0. The molecule has 262 valence electrons. The standard InChI is InChI=1S/C32H7BF16O2/c34-8-5-11(36)20(37)12(6-8)50-33(19-9-4-7-2-1-3-10(35)13(7)14(9)21(38)26(43)25(19)42)51-31-18-16(23(40)28(45)30(31)47)15-17(32(18,48)49)24(41)29(46)27(44)22(15)39/h1-3,5-6H,4H2. The van der Waals surface area contributed by atoms with Crippen LogP contribution in [-0.4, -0.2) is 7.12 Å². The van der Waals surface area contributed by atoms with E-state index in [1.165, 1.54) is 0 Å². The molecule has 0 atom stereocenters. The number of rotatable bonds is 5. The van der Waals surface area contributed by atoms with Gasteiger partial charge in [0.05, 0.1) is 16.6 Å². The van der Waals surface area contributed by atoms with E-state index < -0.39 is 157 Å². The maximum Gasteiger partial charge on any atom is 0.636 e. The third-order valence-electron chi connectivity index (χ3n) is 8.27. The first kappa shape index (κ1) is 34.1. The van der Waals surface area contributed by atoms with Crippen molar-refractivity contribution in [2.24, 2.45) is 0 Å². The highest BCUT2D eigenvalue weighted by molar-refractivity contribution is 6.63. The molecule has 0 fully saturated rings. The molecule has 5 aromatic rings. The average molecular weight is 738 g/mol. The van der Waals surface area contributed by atoms with E-state index >= 15 is 35.1 Å². The Morgan fingerprint density at radius 3 is 1.75 bits per heavy atom. The van der Waals surface area contributed by atoms with E-state index in [0.29, 0.717) is 0 Å². The van der Waals surface area contributed by atoms with Crippen molar-refractivity contribution in [2.45, 2.75) is 12.3 Å². The Morgan fingerprint density at radius 1 is 0.510 bits per heavy atom. The molecule has 5 aromatic carbocycles. The van der Waals surface area contributed by atoms with Gasteiger partial charge in [-0.15, -0.1) is 0 Å². The van der Waals surface area contributed by atoms with E-state index in [4.69, 9.17) is 9.31 Å². The minimum Gasteiger partial charge on any atom is -0.520 e. The number of halogens is 16. The zero-order valence-electron chi connectivity index (χ0n) is 24.0. The van der Waals surface area contributed by atoms with E-state index in [0.717, 1.165) is 18.2 Å². The molecule has 0 N–H and O–H groups in total. The summed E-state index contributed by atoms with van der Waals surface area (Å²) in [6.07, 6.45) is -0.815. The van der Waals surface area contributed by atoms with Crippen LogP contribution in [0.15, 0.2) is 30.3 Å². The van der Waals surface area contributed by atoms with Crippen molar-refractivity contribution in [1.29, 1.82) is 0 Å². The van der Waals surface area contributed by atoms with E-state index in [2.05, 4.69) is 0 Å². The van der Waals surface area contributed by atoms with Crippen LogP contribution in [0.5, 0.6) is 11.5 Å². The van der Waals surface area contributed by atoms with Crippen molar-refractivity contribution in [3.05, 3.63) is 134 Å². The maximum absolute atomic E-state index is 15.9. The van der Waals surface area contributed by atoms with Crippen LogP contribution in [0.3, 0.4) is 0 Å². The molecule has 0 aromatic heterocycles. The van der Waals surface area contributed by atoms with Gasteiger partial charge in [-0.3, -0.25) is 0 Å². The molecule has 2 nitrogen and oxygen atoms in total. The van der Waals surface area contributed by atoms with E-state index in [9.17, 15) is 35.1 Å². The monoisotopic (exact) mass is 738 g/mol. The van der Waals surface area contributed by atoms with Gasteiger partial charge in [0, 0.05) is 34.4 Å². The Kier molecular flexibility index (Phi) is 7.58. The van der Waals surface area contributed by atoms with E-state index in [1.807, 2.05) is 0 Å². The molecule has 7 rings (SSSR count). The van der Waals surface area contributed by atoms with Crippen molar-refractivity contribution < 1.29 is 79.6 Å². The van der Waals surface area contributed by atoms with Crippen molar-refractivity contribution in [3.8, 4) is 33.8 Å². The molecular formula is C32H7BF16O2. The average Bonchev–Trinajstić information content (AvgIpc) is 3.58. The molecule has 0 spiro atoms. The van der Waals surface area contributed by atoms with Crippen molar-refractivity contribution in [1.82, 2.24) is 0 Å². The summed E-state index contributed by atoms with van der Waals surface area (Å²) >= 11 is 0. The number of alkyl halides is 2. The van der Waals surface area contributed by atoms with Crippen LogP contribution in [0.2, 0.25) is 0 Å². The van der Waals surface area contributed by atoms with E-state index in [1.54, 1.807) is 0 Å². The maximum atomic E-state index is 15.9. The Labute approximate surface area is 272 Å². The van der Waals surface area contributed by atoms with E-state index in [-0.39, 0.29) is 17.7 Å². The fourth-order valence-electron chi connectivity index (χ4n) is 6.15. The van der Waals surface area contributed by atoms with Crippen LogP contribution in [0.25, 0.3) is 22.3 Å². The predicted octanol–water partition coefficient (Wildman–Crippen LogP) is 9.18. The Balaban J connectivity index is 1.54. The fourth-order valence-corrected chi connectivity index (χ4v) is 6.15. The highest BCUT2D eigenvalue weighted by Crippen LogP contribution is 2.58. The quantitative estimate of drug-likeness (QED) is 0.0761. The molecule has 0 amide bonds. The number of hydrogen-bond acceptors (Lipinski definition) is 2. The summed E-state index contributed by atoms with van der Waals surface area (Å²) in [5.41, 5.74) is -13.8. The lowest BCUT2D eigenvalue weighted by atomic mass is 9.73. The van der Waals surface area contributed by atoms with Gasteiger partial charge in [0.15, 0.2) is 69.7 Å². The first-order chi connectivity index (χ1) is 23.9. The SMILES string of the molecule is Fc1cc(F)c(F)c(OB(Oc2c(F)c(F)c(F)c3c2C(F)(F)c2c(F)c(F)c(F)c(F)c2-3)c2c(F)c(F)c(F)c3c2Cc2cccc(F)c2-3)c1.